The predicted octanol–water partition coefficient (Wildman–Crippen LogP) is 0.752. The Morgan fingerprint density at radius 1 is 1.35 bits per heavy atom. The van der Waals surface area contributed by atoms with Gasteiger partial charge in [0, 0.05) is 12.1 Å². The van der Waals surface area contributed by atoms with Crippen LogP contribution in [0.3, 0.4) is 0 Å². The molecule has 0 saturated carbocycles. The summed E-state index contributed by atoms with van der Waals surface area (Å²) in [5.74, 6) is -0.452. The van der Waals surface area contributed by atoms with Crippen LogP contribution in [0.2, 0.25) is 0 Å². The van der Waals surface area contributed by atoms with E-state index in [0.717, 1.165) is 5.56 Å². The number of hydrogen-bond donors (Lipinski definition) is 1. The van der Waals surface area contributed by atoms with Crippen molar-refractivity contribution < 1.29 is 14.3 Å². The minimum absolute atomic E-state index is 0.00171. The Balaban J connectivity index is 2.16. The molecule has 0 bridgehead atoms. The Kier molecular flexibility index (Phi) is 4.52. The number of carbonyl (C=O) groups is 2. The molecule has 0 radical (unpaired) electrons. The average Bonchev–Trinajstić information content (AvgIpc) is 2.46. The number of nitrogens with zero attached hydrogens (tertiary/aromatic N) is 1. The van der Waals surface area contributed by atoms with Gasteiger partial charge >= 0.3 is 0 Å². The Morgan fingerprint density at radius 2 is 2.00 bits per heavy atom. The van der Waals surface area contributed by atoms with Gasteiger partial charge in [-0.05, 0) is 13.8 Å². The van der Waals surface area contributed by atoms with Gasteiger partial charge in [-0.2, -0.15) is 0 Å². The number of Topliss-reactive ketones (excluding diaryl/α,β-unsaturated/α-hetero) is 1. The molecular formula is C15H20N2O3. The molecule has 0 spiro atoms. The monoisotopic (exact) mass is 276 g/mol. The summed E-state index contributed by atoms with van der Waals surface area (Å²) in [6.45, 7) is 5.08. The maximum Gasteiger partial charge on any atom is 0.237 e. The van der Waals surface area contributed by atoms with Crippen LogP contribution in [0.25, 0.3) is 0 Å². The molecule has 108 valence electrons. The minimum atomic E-state index is -0.534. The molecule has 2 atom stereocenters. The molecule has 1 aliphatic heterocycles. The Labute approximate surface area is 118 Å². The fourth-order valence-corrected chi connectivity index (χ4v) is 2.44. The molecule has 1 fully saturated rings. The van der Waals surface area contributed by atoms with Crippen molar-refractivity contribution in [1.82, 2.24) is 4.90 Å². The van der Waals surface area contributed by atoms with Crippen molar-refractivity contribution in [2.24, 2.45) is 5.73 Å². The van der Waals surface area contributed by atoms with Crippen LogP contribution in [-0.2, 0) is 9.53 Å². The quantitative estimate of drug-likeness (QED) is 0.824. The number of amides is 1. The summed E-state index contributed by atoms with van der Waals surface area (Å²) in [6, 6.07) is 6.52. The minimum Gasteiger partial charge on any atom is -0.378 e. The van der Waals surface area contributed by atoms with E-state index < -0.39 is 11.9 Å². The normalized spacial score (nSPS) is 21.4. The number of nitrogens with two attached hydrogens (primary N) is 1. The van der Waals surface area contributed by atoms with Crippen LogP contribution in [0.4, 0.5) is 0 Å². The number of hydrogen-bond acceptors (Lipinski definition) is 4. The van der Waals surface area contributed by atoms with Crippen molar-refractivity contribution in [1.29, 1.82) is 0 Å². The van der Waals surface area contributed by atoms with E-state index in [4.69, 9.17) is 10.5 Å². The maximum absolute atomic E-state index is 12.5. The summed E-state index contributed by atoms with van der Waals surface area (Å²) < 4.78 is 5.27. The highest BCUT2D eigenvalue weighted by Crippen LogP contribution is 2.16. The topological polar surface area (TPSA) is 72.6 Å². The lowest BCUT2D eigenvalue weighted by Gasteiger charge is -2.37. The van der Waals surface area contributed by atoms with E-state index in [2.05, 4.69) is 0 Å². The number of aryl methyl sites for hydroxylation is 1. The van der Waals surface area contributed by atoms with E-state index in [0.29, 0.717) is 18.7 Å². The molecule has 1 aliphatic rings. The maximum atomic E-state index is 12.5. The first-order valence-corrected chi connectivity index (χ1v) is 6.74. The van der Waals surface area contributed by atoms with Crippen LogP contribution < -0.4 is 5.73 Å². The molecule has 2 rings (SSSR count). The molecule has 20 heavy (non-hydrogen) atoms. The van der Waals surface area contributed by atoms with Gasteiger partial charge in [0.05, 0.1) is 19.3 Å². The first-order valence-electron chi connectivity index (χ1n) is 6.74. The molecule has 2 unspecified atom stereocenters. The van der Waals surface area contributed by atoms with E-state index >= 15 is 0 Å². The summed E-state index contributed by atoms with van der Waals surface area (Å²) in [7, 11) is 0. The van der Waals surface area contributed by atoms with Crippen molar-refractivity contribution in [3.63, 3.8) is 0 Å². The van der Waals surface area contributed by atoms with Crippen molar-refractivity contribution in [2.45, 2.75) is 25.9 Å². The Hall–Kier alpha value is -1.72. The number of ether oxygens (including phenoxy) is 1. The number of carbonyl (C=O) groups excluding carboxylic acids is 2. The standard InChI is InChI=1S/C15H20N2O3/c1-10-3-5-12(6-4-10)14(18)11(2)17-7-8-20-9-13(17)15(16)19/h3-6,11,13H,7-9H2,1-2H3,(H2,16,19). The highest BCUT2D eigenvalue weighted by Gasteiger charge is 2.34. The van der Waals surface area contributed by atoms with Gasteiger partial charge in [0.2, 0.25) is 5.91 Å². The zero-order chi connectivity index (χ0) is 14.7. The summed E-state index contributed by atoms with van der Waals surface area (Å²) in [6.07, 6.45) is 0. The summed E-state index contributed by atoms with van der Waals surface area (Å²) in [5, 5.41) is 0. The van der Waals surface area contributed by atoms with Crippen molar-refractivity contribution in [3.8, 4) is 0 Å². The van der Waals surface area contributed by atoms with Gasteiger partial charge in [-0.25, -0.2) is 0 Å². The van der Waals surface area contributed by atoms with Gasteiger partial charge in [0.15, 0.2) is 5.78 Å². The lowest BCUT2D eigenvalue weighted by atomic mass is 10.0. The van der Waals surface area contributed by atoms with Gasteiger partial charge in [-0.15, -0.1) is 0 Å². The molecule has 5 nitrogen and oxygen atoms in total. The molecule has 1 aromatic carbocycles. The van der Waals surface area contributed by atoms with Gasteiger partial charge in [0.1, 0.15) is 6.04 Å². The Morgan fingerprint density at radius 3 is 2.60 bits per heavy atom. The second-order valence-electron chi connectivity index (χ2n) is 5.14. The predicted molar refractivity (Wildman–Crippen MR) is 75.5 cm³/mol. The molecule has 2 N–H and O–H groups in total. The summed E-state index contributed by atoms with van der Waals surface area (Å²) in [4.78, 5) is 25.8. The van der Waals surface area contributed by atoms with Crippen LogP contribution in [0.15, 0.2) is 24.3 Å². The molecule has 5 heteroatoms. The molecule has 1 amide bonds. The number of primary amides is 1. The molecule has 1 heterocycles. The van der Waals surface area contributed by atoms with Crippen LogP contribution in [0, 0.1) is 6.92 Å². The number of benzene rings is 1. The number of rotatable bonds is 4. The largest absolute Gasteiger partial charge is 0.378 e. The van der Waals surface area contributed by atoms with Gasteiger partial charge in [-0.1, -0.05) is 29.8 Å². The van der Waals surface area contributed by atoms with E-state index in [1.807, 2.05) is 43.0 Å². The van der Waals surface area contributed by atoms with E-state index in [-0.39, 0.29) is 18.4 Å². The second kappa shape index (κ2) is 6.15. The molecular weight excluding hydrogens is 256 g/mol. The highest BCUT2D eigenvalue weighted by atomic mass is 16.5. The van der Waals surface area contributed by atoms with E-state index in [1.165, 1.54) is 0 Å². The van der Waals surface area contributed by atoms with Gasteiger partial charge < -0.3 is 10.5 Å². The van der Waals surface area contributed by atoms with Crippen LogP contribution in [0.1, 0.15) is 22.8 Å². The van der Waals surface area contributed by atoms with Crippen molar-refractivity contribution >= 4 is 11.7 Å². The van der Waals surface area contributed by atoms with E-state index in [9.17, 15) is 9.59 Å². The third kappa shape index (κ3) is 3.05. The van der Waals surface area contributed by atoms with E-state index in [1.54, 1.807) is 0 Å². The SMILES string of the molecule is Cc1ccc(C(=O)C(C)N2CCOCC2C(N)=O)cc1. The van der Waals surface area contributed by atoms with Crippen LogP contribution in [0.5, 0.6) is 0 Å². The van der Waals surface area contributed by atoms with Gasteiger partial charge in [0.25, 0.3) is 0 Å². The van der Waals surface area contributed by atoms with Crippen LogP contribution in [-0.4, -0.2) is 48.4 Å². The Bertz CT molecular complexity index is 498. The van der Waals surface area contributed by atoms with Crippen molar-refractivity contribution in [3.05, 3.63) is 35.4 Å². The lowest BCUT2D eigenvalue weighted by molar-refractivity contribution is -0.130. The third-order valence-electron chi connectivity index (χ3n) is 3.71. The molecule has 0 aromatic heterocycles. The fraction of sp³-hybridized carbons (Fsp3) is 0.467. The third-order valence-corrected chi connectivity index (χ3v) is 3.71. The molecule has 1 saturated heterocycles. The first kappa shape index (κ1) is 14.7. The number of ketones is 1. The molecule has 1 aromatic rings. The second-order valence-corrected chi connectivity index (χ2v) is 5.14. The summed E-state index contributed by atoms with van der Waals surface area (Å²) in [5.41, 5.74) is 7.14. The average molecular weight is 276 g/mol. The van der Waals surface area contributed by atoms with Gasteiger partial charge in [-0.3, -0.25) is 14.5 Å². The highest BCUT2D eigenvalue weighted by molar-refractivity contribution is 6.00. The lowest BCUT2D eigenvalue weighted by Crippen LogP contribution is -2.57. The fourth-order valence-electron chi connectivity index (χ4n) is 2.44. The van der Waals surface area contributed by atoms with Crippen molar-refractivity contribution in [2.75, 3.05) is 19.8 Å². The smallest absolute Gasteiger partial charge is 0.237 e. The zero-order valence-electron chi connectivity index (χ0n) is 11.8. The van der Waals surface area contributed by atoms with Crippen LogP contribution >= 0.6 is 0 Å². The summed E-state index contributed by atoms with van der Waals surface area (Å²) >= 11 is 0. The zero-order valence-corrected chi connectivity index (χ0v) is 11.8. The molecule has 0 aliphatic carbocycles. The first-order chi connectivity index (χ1) is 9.50. The number of morpholine rings is 1.